The van der Waals surface area contributed by atoms with Crippen molar-refractivity contribution >= 4 is 5.91 Å². The zero-order chi connectivity index (χ0) is 19.8. The summed E-state index contributed by atoms with van der Waals surface area (Å²) in [5.41, 5.74) is 1.44. The first kappa shape index (κ1) is 20.1. The molecule has 8 nitrogen and oxygen atoms in total. The van der Waals surface area contributed by atoms with Gasteiger partial charge in [-0.2, -0.15) is 0 Å². The Balaban J connectivity index is 1.52. The third-order valence-corrected chi connectivity index (χ3v) is 4.73. The molecule has 1 amide bonds. The van der Waals surface area contributed by atoms with Crippen LogP contribution in [0, 0.1) is 0 Å². The minimum atomic E-state index is -0.198. The quantitative estimate of drug-likeness (QED) is 0.684. The third kappa shape index (κ3) is 5.22. The number of piperidine rings is 1. The lowest BCUT2D eigenvalue weighted by molar-refractivity contribution is 0.0949. The number of nitrogens with zero attached hydrogens (tertiary/aromatic N) is 3. The first-order valence-electron chi connectivity index (χ1n) is 10.0. The minimum Gasteiger partial charge on any atom is -0.490 e. The molecule has 0 bridgehead atoms. The van der Waals surface area contributed by atoms with Crippen LogP contribution in [0.3, 0.4) is 0 Å². The molecule has 152 valence electrons. The molecule has 2 N–H and O–H groups in total. The number of aromatic nitrogens is 3. The van der Waals surface area contributed by atoms with E-state index in [1.807, 2.05) is 36.7 Å². The van der Waals surface area contributed by atoms with Gasteiger partial charge >= 0.3 is 0 Å². The van der Waals surface area contributed by atoms with E-state index in [2.05, 4.69) is 20.9 Å². The number of ether oxygens (including phenoxy) is 2. The molecule has 1 aromatic heterocycles. The summed E-state index contributed by atoms with van der Waals surface area (Å²) in [6.07, 6.45) is 4.45. The number of rotatable bonds is 9. The fourth-order valence-electron chi connectivity index (χ4n) is 3.29. The average molecular weight is 387 g/mol. The van der Waals surface area contributed by atoms with Gasteiger partial charge in [-0.25, -0.2) is 4.68 Å². The van der Waals surface area contributed by atoms with Crippen LogP contribution in [0.25, 0.3) is 0 Å². The highest BCUT2D eigenvalue weighted by Crippen LogP contribution is 2.28. The Morgan fingerprint density at radius 3 is 2.71 bits per heavy atom. The molecule has 1 saturated heterocycles. The van der Waals surface area contributed by atoms with Crippen molar-refractivity contribution in [3.05, 3.63) is 35.7 Å². The molecular formula is C20H29N5O3. The number of hydrogen-bond acceptors (Lipinski definition) is 6. The second-order valence-corrected chi connectivity index (χ2v) is 6.72. The third-order valence-electron chi connectivity index (χ3n) is 4.73. The number of carbonyl (C=O) groups excluding carboxylic acids is 1. The van der Waals surface area contributed by atoms with Crippen molar-refractivity contribution in [2.45, 2.75) is 39.2 Å². The summed E-state index contributed by atoms with van der Waals surface area (Å²) >= 11 is 0. The van der Waals surface area contributed by atoms with Crippen molar-refractivity contribution in [3.63, 3.8) is 0 Å². The molecule has 8 heteroatoms. The summed E-state index contributed by atoms with van der Waals surface area (Å²) in [5.74, 6) is 1.28. The lowest BCUT2D eigenvalue weighted by Crippen LogP contribution is -2.29. The van der Waals surface area contributed by atoms with Gasteiger partial charge in [-0.3, -0.25) is 4.79 Å². The fraction of sp³-hybridized carbons (Fsp3) is 0.550. The number of amides is 1. The molecular weight excluding hydrogens is 358 g/mol. The summed E-state index contributed by atoms with van der Waals surface area (Å²) in [5, 5.41) is 14.4. The van der Waals surface area contributed by atoms with E-state index in [4.69, 9.17) is 9.47 Å². The molecule has 2 heterocycles. The van der Waals surface area contributed by atoms with Gasteiger partial charge in [0.05, 0.1) is 25.5 Å². The van der Waals surface area contributed by atoms with Crippen molar-refractivity contribution < 1.29 is 14.3 Å². The van der Waals surface area contributed by atoms with Crippen molar-refractivity contribution in [2.75, 3.05) is 32.8 Å². The molecule has 0 saturated carbocycles. The van der Waals surface area contributed by atoms with Crippen LogP contribution in [-0.4, -0.2) is 53.7 Å². The van der Waals surface area contributed by atoms with E-state index in [-0.39, 0.29) is 5.91 Å². The summed E-state index contributed by atoms with van der Waals surface area (Å²) in [7, 11) is 0. The smallest absolute Gasteiger partial charge is 0.273 e. The van der Waals surface area contributed by atoms with Gasteiger partial charge in [-0.05, 0) is 63.9 Å². The molecule has 0 radical (unpaired) electrons. The highest BCUT2D eigenvalue weighted by atomic mass is 16.5. The molecule has 1 aromatic carbocycles. The van der Waals surface area contributed by atoms with Crippen LogP contribution in [0.2, 0.25) is 0 Å². The maximum atomic E-state index is 12.4. The number of benzene rings is 1. The number of nitrogens with one attached hydrogen (secondary N) is 2. The maximum Gasteiger partial charge on any atom is 0.273 e. The highest BCUT2D eigenvalue weighted by molar-refractivity contribution is 5.91. The van der Waals surface area contributed by atoms with Crippen molar-refractivity contribution in [2.24, 2.45) is 0 Å². The standard InChI is InChI=1S/C20H29N5O3/c1-3-27-18-6-5-15(13-19(18)28-4-2)7-12-22-20(26)17-14-25(24-23-17)16-8-10-21-11-9-16/h5-6,13-14,16,21H,3-4,7-12H2,1-2H3,(H,22,26). The van der Waals surface area contributed by atoms with E-state index in [1.165, 1.54) is 0 Å². The van der Waals surface area contributed by atoms with Crippen LogP contribution in [0.15, 0.2) is 24.4 Å². The van der Waals surface area contributed by atoms with Gasteiger partial charge in [0.25, 0.3) is 5.91 Å². The molecule has 0 aliphatic carbocycles. The Hall–Kier alpha value is -2.61. The van der Waals surface area contributed by atoms with Crippen LogP contribution in [0.5, 0.6) is 11.5 Å². The normalized spacial score (nSPS) is 14.6. The summed E-state index contributed by atoms with van der Waals surface area (Å²) < 4.78 is 13.0. The SMILES string of the molecule is CCOc1ccc(CCNC(=O)c2cn(C3CCNCC3)nn2)cc1OCC. The van der Waals surface area contributed by atoms with Crippen molar-refractivity contribution in [1.29, 1.82) is 0 Å². The van der Waals surface area contributed by atoms with Crippen LogP contribution in [-0.2, 0) is 6.42 Å². The van der Waals surface area contributed by atoms with Crippen LogP contribution in [0.1, 0.15) is 48.8 Å². The zero-order valence-electron chi connectivity index (χ0n) is 16.6. The monoisotopic (exact) mass is 387 g/mol. The van der Waals surface area contributed by atoms with Gasteiger partial charge in [-0.1, -0.05) is 11.3 Å². The van der Waals surface area contributed by atoms with Crippen LogP contribution in [0.4, 0.5) is 0 Å². The van der Waals surface area contributed by atoms with Gasteiger partial charge in [0.15, 0.2) is 17.2 Å². The molecule has 1 fully saturated rings. The Labute approximate surface area is 165 Å². The number of carbonyl (C=O) groups is 1. The van der Waals surface area contributed by atoms with Gasteiger partial charge in [0.2, 0.25) is 0 Å². The summed E-state index contributed by atoms with van der Waals surface area (Å²) in [6, 6.07) is 6.19. The Bertz CT molecular complexity index is 771. The molecule has 0 spiro atoms. The average Bonchev–Trinajstić information content (AvgIpc) is 3.21. The Morgan fingerprint density at radius 1 is 1.21 bits per heavy atom. The molecule has 0 unspecified atom stereocenters. The predicted molar refractivity (Wildman–Crippen MR) is 106 cm³/mol. The summed E-state index contributed by atoms with van der Waals surface area (Å²) in [6.45, 7) is 7.51. The van der Waals surface area contributed by atoms with E-state index in [0.717, 1.165) is 43.0 Å². The molecule has 0 atom stereocenters. The van der Waals surface area contributed by atoms with E-state index < -0.39 is 0 Å². The molecule has 28 heavy (non-hydrogen) atoms. The van der Waals surface area contributed by atoms with Crippen molar-refractivity contribution in [3.8, 4) is 11.5 Å². The van der Waals surface area contributed by atoms with Crippen LogP contribution >= 0.6 is 0 Å². The van der Waals surface area contributed by atoms with E-state index in [1.54, 1.807) is 6.20 Å². The van der Waals surface area contributed by atoms with E-state index >= 15 is 0 Å². The molecule has 2 aromatic rings. The topological polar surface area (TPSA) is 90.3 Å². The van der Waals surface area contributed by atoms with E-state index in [0.29, 0.717) is 37.9 Å². The second-order valence-electron chi connectivity index (χ2n) is 6.72. The predicted octanol–water partition coefficient (Wildman–Crippen LogP) is 1.97. The second kappa shape index (κ2) is 10.1. The first-order valence-corrected chi connectivity index (χ1v) is 10.0. The lowest BCUT2D eigenvalue weighted by Gasteiger charge is -2.22. The first-order chi connectivity index (χ1) is 13.7. The van der Waals surface area contributed by atoms with E-state index in [9.17, 15) is 4.79 Å². The largest absolute Gasteiger partial charge is 0.490 e. The van der Waals surface area contributed by atoms with Gasteiger partial charge < -0.3 is 20.1 Å². The Kier molecular flexibility index (Phi) is 7.25. The van der Waals surface area contributed by atoms with Gasteiger partial charge in [-0.15, -0.1) is 5.10 Å². The van der Waals surface area contributed by atoms with Gasteiger partial charge in [0, 0.05) is 6.54 Å². The van der Waals surface area contributed by atoms with Crippen LogP contribution < -0.4 is 20.1 Å². The molecule has 1 aliphatic rings. The maximum absolute atomic E-state index is 12.4. The molecule has 3 rings (SSSR count). The fourth-order valence-corrected chi connectivity index (χ4v) is 3.29. The molecule has 1 aliphatic heterocycles. The zero-order valence-corrected chi connectivity index (χ0v) is 16.6. The summed E-state index contributed by atoms with van der Waals surface area (Å²) in [4.78, 5) is 12.4. The highest BCUT2D eigenvalue weighted by Gasteiger charge is 2.18. The lowest BCUT2D eigenvalue weighted by atomic mass is 10.1. The van der Waals surface area contributed by atoms with Gasteiger partial charge in [0.1, 0.15) is 0 Å². The Morgan fingerprint density at radius 2 is 1.96 bits per heavy atom. The number of hydrogen-bond donors (Lipinski definition) is 2. The minimum absolute atomic E-state index is 0.198. The van der Waals surface area contributed by atoms with Crippen molar-refractivity contribution in [1.82, 2.24) is 25.6 Å².